The Bertz CT molecular complexity index is 546. The van der Waals surface area contributed by atoms with E-state index in [2.05, 4.69) is 28.3 Å². The number of nitrogens with zero attached hydrogens (tertiary/aromatic N) is 2. The number of ether oxygens (including phenoxy) is 1. The van der Waals surface area contributed by atoms with E-state index >= 15 is 0 Å². The average molecular weight is 306 g/mol. The number of esters is 1. The van der Waals surface area contributed by atoms with E-state index in [0.29, 0.717) is 18.0 Å². The van der Waals surface area contributed by atoms with Gasteiger partial charge in [-0.15, -0.1) is 0 Å². The number of fused-ring (bicyclic) bond motifs is 1. The van der Waals surface area contributed by atoms with Crippen LogP contribution in [0.4, 0.5) is 0 Å². The van der Waals surface area contributed by atoms with Crippen LogP contribution >= 0.6 is 11.8 Å². The van der Waals surface area contributed by atoms with Gasteiger partial charge in [0.15, 0.2) is 0 Å². The Morgan fingerprint density at radius 1 is 1.48 bits per heavy atom. The molecule has 4 nitrogen and oxygen atoms in total. The molecule has 2 aliphatic heterocycles. The quantitative estimate of drug-likeness (QED) is 0.747. The smallest absolute Gasteiger partial charge is 0.337 e. The lowest BCUT2D eigenvalue weighted by Gasteiger charge is -2.28. The van der Waals surface area contributed by atoms with E-state index in [1.54, 1.807) is 11.8 Å². The van der Waals surface area contributed by atoms with Gasteiger partial charge in [-0.25, -0.2) is 4.79 Å². The van der Waals surface area contributed by atoms with Crippen LogP contribution in [-0.4, -0.2) is 36.9 Å². The first-order chi connectivity index (χ1) is 10.1. The number of thioether (sulfide) groups is 1. The first kappa shape index (κ1) is 15.9. The minimum atomic E-state index is -0.255. The maximum Gasteiger partial charge on any atom is 0.337 e. The lowest BCUT2D eigenvalue weighted by atomic mass is 10.1. The molecule has 2 heterocycles. The molecule has 1 unspecified atom stereocenters. The molecule has 0 aromatic heterocycles. The fraction of sp³-hybridized carbons (Fsp3) is 0.500. The molecule has 0 amide bonds. The first-order valence-corrected chi connectivity index (χ1v) is 8.07. The van der Waals surface area contributed by atoms with E-state index in [4.69, 9.17) is 4.74 Å². The summed E-state index contributed by atoms with van der Waals surface area (Å²) in [5.41, 5.74) is 1.79. The van der Waals surface area contributed by atoms with E-state index in [1.165, 1.54) is 7.11 Å². The molecule has 0 aromatic carbocycles. The van der Waals surface area contributed by atoms with Crippen LogP contribution in [0, 0.1) is 5.92 Å². The van der Waals surface area contributed by atoms with Crippen LogP contribution < -0.4 is 0 Å². The van der Waals surface area contributed by atoms with Gasteiger partial charge in [0.25, 0.3) is 0 Å². The Kier molecular flexibility index (Phi) is 5.28. The van der Waals surface area contributed by atoms with Crippen molar-refractivity contribution in [3.05, 3.63) is 33.7 Å². The predicted octanol–water partition coefficient (Wildman–Crippen LogP) is 3.34. The molecule has 0 spiro atoms. The molecule has 114 valence electrons. The third-order valence-corrected chi connectivity index (χ3v) is 4.68. The number of hydrogen-bond donors (Lipinski definition) is 0. The molecule has 0 N–H and O–H groups in total. The minimum Gasteiger partial charge on any atom is -0.466 e. The van der Waals surface area contributed by atoms with Crippen LogP contribution in [0.15, 0.2) is 38.7 Å². The SMILES string of the molecule is CC=C(S/C=C\C)C1=NCC(C(=O)OC)=C2CC(C)CN12. The van der Waals surface area contributed by atoms with Gasteiger partial charge in [0.05, 0.1) is 19.2 Å². The summed E-state index contributed by atoms with van der Waals surface area (Å²) in [7, 11) is 1.43. The topological polar surface area (TPSA) is 41.9 Å². The Morgan fingerprint density at radius 2 is 2.24 bits per heavy atom. The number of allylic oxidation sites excluding steroid dienone is 3. The Balaban J connectivity index is 2.33. The number of aliphatic imine (C=N–C) groups is 1. The Hall–Kier alpha value is -1.49. The van der Waals surface area contributed by atoms with Crippen molar-refractivity contribution in [1.29, 1.82) is 0 Å². The zero-order valence-electron chi connectivity index (χ0n) is 13.0. The Labute approximate surface area is 130 Å². The number of carbonyl (C=O) groups excluding carboxylic acids is 1. The van der Waals surface area contributed by atoms with Crippen molar-refractivity contribution in [3.8, 4) is 0 Å². The second kappa shape index (κ2) is 6.98. The molecule has 0 aromatic rings. The van der Waals surface area contributed by atoms with Crippen LogP contribution in [-0.2, 0) is 9.53 Å². The average Bonchev–Trinajstić information content (AvgIpc) is 2.88. The van der Waals surface area contributed by atoms with E-state index in [-0.39, 0.29) is 5.97 Å². The van der Waals surface area contributed by atoms with Gasteiger partial charge < -0.3 is 9.64 Å². The summed E-state index contributed by atoms with van der Waals surface area (Å²) in [5.74, 6) is 1.25. The molecule has 0 bridgehead atoms. The number of carbonyl (C=O) groups is 1. The van der Waals surface area contributed by atoms with E-state index in [0.717, 1.165) is 29.4 Å². The molecule has 0 saturated carbocycles. The molecule has 2 rings (SSSR count). The highest BCUT2D eigenvalue weighted by Gasteiger charge is 2.35. The minimum absolute atomic E-state index is 0.255. The van der Waals surface area contributed by atoms with Crippen molar-refractivity contribution in [2.24, 2.45) is 10.9 Å². The number of methoxy groups -OCH3 is 1. The molecule has 0 radical (unpaired) electrons. The van der Waals surface area contributed by atoms with Crippen molar-refractivity contribution >= 4 is 23.6 Å². The van der Waals surface area contributed by atoms with Crippen molar-refractivity contribution in [2.75, 3.05) is 20.2 Å². The van der Waals surface area contributed by atoms with Gasteiger partial charge >= 0.3 is 5.97 Å². The summed E-state index contributed by atoms with van der Waals surface area (Å²) in [6.45, 7) is 7.54. The van der Waals surface area contributed by atoms with Crippen LogP contribution in [0.3, 0.4) is 0 Å². The molecule has 0 aliphatic carbocycles. The predicted molar refractivity (Wildman–Crippen MR) is 88.0 cm³/mol. The molecule has 1 saturated heterocycles. The molecule has 2 aliphatic rings. The summed E-state index contributed by atoms with van der Waals surface area (Å²) < 4.78 is 4.90. The van der Waals surface area contributed by atoms with Gasteiger partial charge in [-0.3, -0.25) is 4.99 Å². The van der Waals surface area contributed by atoms with Gasteiger partial charge in [-0.05, 0) is 31.6 Å². The highest BCUT2D eigenvalue weighted by molar-refractivity contribution is 8.06. The second-order valence-electron chi connectivity index (χ2n) is 5.22. The van der Waals surface area contributed by atoms with Crippen molar-refractivity contribution in [2.45, 2.75) is 27.2 Å². The lowest BCUT2D eigenvalue weighted by Crippen LogP contribution is -2.34. The van der Waals surface area contributed by atoms with Gasteiger partial charge in [0, 0.05) is 17.1 Å². The van der Waals surface area contributed by atoms with Crippen molar-refractivity contribution < 1.29 is 9.53 Å². The highest BCUT2D eigenvalue weighted by Crippen LogP contribution is 2.36. The first-order valence-electron chi connectivity index (χ1n) is 7.19. The highest BCUT2D eigenvalue weighted by atomic mass is 32.2. The molecule has 1 fully saturated rings. The number of amidine groups is 1. The summed E-state index contributed by atoms with van der Waals surface area (Å²) in [6, 6.07) is 0. The summed E-state index contributed by atoms with van der Waals surface area (Å²) in [5, 5.41) is 2.05. The fourth-order valence-corrected chi connectivity index (χ4v) is 3.36. The molecule has 5 heteroatoms. The Morgan fingerprint density at radius 3 is 2.86 bits per heavy atom. The van der Waals surface area contributed by atoms with Gasteiger partial charge in [-0.1, -0.05) is 30.8 Å². The zero-order valence-corrected chi connectivity index (χ0v) is 13.9. The fourth-order valence-electron chi connectivity index (χ4n) is 2.67. The summed E-state index contributed by atoms with van der Waals surface area (Å²) >= 11 is 1.66. The van der Waals surface area contributed by atoms with Crippen LogP contribution in [0.25, 0.3) is 0 Å². The summed E-state index contributed by atoms with van der Waals surface area (Å²) in [6.07, 6.45) is 5.00. The van der Waals surface area contributed by atoms with Crippen molar-refractivity contribution in [3.63, 3.8) is 0 Å². The normalized spacial score (nSPS) is 22.7. The van der Waals surface area contributed by atoms with Gasteiger partial charge in [0.1, 0.15) is 5.84 Å². The lowest BCUT2D eigenvalue weighted by molar-refractivity contribution is -0.136. The third kappa shape index (κ3) is 3.23. The third-order valence-electron chi connectivity index (χ3n) is 3.60. The second-order valence-corrected chi connectivity index (χ2v) is 6.16. The van der Waals surface area contributed by atoms with Crippen LogP contribution in [0.2, 0.25) is 0 Å². The zero-order chi connectivity index (χ0) is 15.4. The van der Waals surface area contributed by atoms with E-state index in [9.17, 15) is 4.79 Å². The largest absolute Gasteiger partial charge is 0.466 e. The van der Waals surface area contributed by atoms with Crippen LogP contribution in [0.5, 0.6) is 0 Å². The molecule has 21 heavy (non-hydrogen) atoms. The molecular weight excluding hydrogens is 284 g/mol. The number of hydrogen-bond acceptors (Lipinski definition) is 5. The monoisotopic (exact) mass is 306 g/mol. The van der Waals surface area contributed by atoms with Crippen LogP contribution in [0.1, 0.15) is 27.2 Å². The van der Waals surface area contributed by atoms with Crippen molar-refractivity contribution in [1.82, 2.24) is 4.90 Å². The molecular formula is C16H22N2O2S. The maximum atomic E-state index is 11.9. The number of rotatable bonds is 4. The molecule has 1 atom stereocenters. The van der Waals surface area contributed by atoms with Gasteiger partial charge in [-0.2, -0.15) is 0 Å². The summed E-state index contributed by atoms with van der Waals surface area (Å²) in [4.78, 5) is 19.9. The van der Waals surface area contributed by atoms with E-state index < -0.39 is 0 Å². The van der Waals surface area contributed by atoms with E-state index in [1.807, 2.05) is 19.9 Å². The maximum absolute atomic E-state index is 11.9. The van der Waals surface area contributed by atoms with Gasteiger partial charge in [0.2, 0.25) is 0 Å². The standard InChI is InChI=1S/C16H22N2O2S/c1-5-7-21-14(6-2)15-17-9-12(16(19)20-4)13-8-11(3)10-18(13)15/h5-7,11H,8-10H2,1-4H3/b7-5-,14-6?.